The number of allylic oxidation sites excluding steroid dienone is 2. The Morgan fingerprint density at radius 2 is 2.21 bits per heavy atom. The second-order valence-electron chi connectivity index (χ2n) is 5.82. The van der Waals surface area contributed by atoms with Crippen molar-refractivity contribution < 1.29 is 4.39 Å². The lowest BCUT2D eigenvalue weighted by atomic mass is 9.79. The molecule has 19 heavy (non-hydrogen) atoms. The van der Waals surface area contributed by atoms with E-state index in [1.54, 1.807) is 11.4 Å². The topological polar surface area (TPSA) is 30.2 Å². The molecule has 3 nitrogen and oxygen atoms in total. The van der Waals surface area contributed by atoms with Crippen molar-refractivity contribution in [2.24, 2.45) is 5.92 Å². The van der Waals surface area contributed by atoms with Crippen LogP contribution in [-0.2, 0) is 0 Å². The molecule has 2 heterocycles. The molecule has 0 amide bonds. The van der Waals surface area contributed by atoms with Gasteiger partial charge in [-0.05, 0) is 38.2 Å². The predicted octanol–water partition coefficient (Wildman–Crippen LogP) is 3.58. The zero-order chi connectivity index (χ0) is 13.6. The van der Waals surface area contributed by atoms with Crippen LogP contribution in [-0.4, -0.2) is 20.3 Å². The first-order chi connectivity index (χ1) is 8.96. The van der Waals surface area contributed by atoms with Gasteiger partial charge >= 0.3 is 0 Å². The van der Waals surface area contributed by atoms with E-state index in [0.29, 0.717) is 12.8 Å². The van der Waals surface area contributed by atoms with Gasteiger partial charge in [-0.3, -0.25) is 0 Å². The molecule has 0 aromatic carbocycles. The first kappa shape index (κ1) is 12.3. The van der Waals surface area contributed by atoms with Crippen LogP contribution in [0.15, 0.2) is 24.7 Å². The van der Waals surface area contributed by atoms with Crippen molar-refractivity contribution in [2.45, 2.75) is 39.3 Å². The van der Waals surface area contributed by atoms with E-state index in [1.165, 1.54) is 5.57 Å². The Morgan fingerprint density at radius 3 is 2.95 bits per heavy atom. The lowest BCUT2D eigenvalue weighted by molar-refractivity contribution is 0.158. The zero-order valence-corrected chi connectivity index (χ0v) is 11.5. The molecule has 1 aliphatic rings. The summed E-state index contributed by atoms with van der Waals surface area (Å²) in [5.74, 6) is 0.208. The summed E-state index contributed by atoms with van der Waals surface area (Å²) in [7, 11) is 0. The van der Waals surface area contributed by atoms with Crippen molar-refractivity contribution in [3.63, 3.8) is 0 Å². The van der Waals surface area contributed by atoms with E-state index >= 15 is 0 Å². The van der Waals surface area contributed by atoms with E-state index < -0.39 is 5.67 Å². The average Bonchev–Trinajstić information content (AvgIpc) is 2.69. The Morgan fingerprint density at radius 1 is 1.42 bits per heavy atom. The van der Waals surface area contributed by atoms with E-state index in [0.717, 1.165) is 16.8 Å². The third kappa shape index (κ3) is 2.15. The van der Waals surface area contributed by atoms with Crippen molar-refractivity contribution in [3.8, 4) is 0 Å². The summed E-state index contributed by atoms with van der Waals surface area (Å²) in [5.41, 5.74) is 3.08. The molecule has 0 saturated carbocycles. The third-order valence-electron chi connectivity index (χ3n) is 3.88. The van der Waals surface area contributed by atoms with Crippen molar-refractivity contribution in [1.29, 1.82) is 0 Å². The van der Waals surface area contributed by atoms with Crippen LogP contribution in [0.2, 0.25) is 0 Å². The van der Waals surface area contributed by atoms with Crippen molar-refractivity contribution in [2.75, 3.05) is 0 Å². The molecule has 2 aromatic heterocycles. The van der Waals surface area contributed by atoms with Gasteiger partial charge in [-0.1, -0.05) is 13.0 Å². The maximum atomic E-state index is 14.0. The highest BCUT2D eigenvalue weighted by Gasteiger charge is 2.31. The summed E-state index contributed by atoms with van der Waals surface area (Å²) in [5, 5.41) is 4.28. The average molecular weight is 259 g/mol. The predicted molar refractivity (Wildman–Crippen MR) is 73.6 cm³/mol. The molecule has 4 heteroatoms. The number of halogens is 1. The maximum Gasteiger partial charge on any atom is 0.157 e. The van der Waals surface area contributed by atoms with Crippen molar-refractivity contribution >= 4 is 11.2 Å². The molecule has 1 aliphatic carbocycles. The maximum absolute atomic E-state index is 14.0. The summed E-state index contributed by atoms with van der Waals surface area (Å²) in [6.07, 6.45) is 8.71. The molecular weight excluding hydrogens is 241 g/mol. The molecule has 0 saturated heterocycles. The quantitative estimate of drug-likeness (QED) is 0.783. The number of aromatic nitrogens is 3. The molecule has 2 unspecified atom stereocenters. The lowest BCUT2D eigenvalue weighted by Crippen LogP contribution is -2.25. The van der Waals surface area contributed by atoms with E-state index in [9.17, 15) is 4.39 Å². The fourth-order valence-corrected chi connectivity index (χ4v) is 2.90. The Bertz CT molecular complexity index is 654. The van der Waals surface area contributed by atoms with Crippen molar-refractivity contribution in [3.05, 3.63) is 35.8 Å². The first-order valence-electron chi connectivity index (χ1n) is 6.66. The molecule has 0 N–H and O–H groups in total. The smallest absolute Gasteiger partial charge is 0.157 e. The largest absolute Gasteiger partial charge is 0.244 e. The molecule has 0 radical (unpaired) electrons. The number of rotatable bonds is 1. The van der Waals surface area contributed by atoms with Gasteiger partial charge in [0.2, 0.25) is 0 Å². The van der Waals surface area contributed by atoms with Gasteiger partial charge in [-0.15, -0.1) is 0 Å². The summed E-state index contributed by atoms with van der Waals surface area (Å²) < 4.78 is 15.8. The van der Waals surface area contributed by atoms with Crippen LogP contribution in [0, 0.1) is 12.8 Å². The van der Waals surface area contributed by atoms with Crippen LogP contribution in [0.25, 0.3) is 11.2 Å². The molecule has 0 spiro atoms. The second-order valence-corrected chi connectivity index (χ2v) is 5.82. The van der Waals surface area contributed by atoms with Gasteiger partial charge < -0.3 is 0 Å². The van der Waals surface area contributed by atoms with Crippen LogP contribution < -0.4 is 0 Å². The monoisotopic (exact) mass is 259 g/mol. The highest BCUT2D eigenvalue weighted by molar-refractivity contribution is 5.68. The Kier molecular flexibility index (Phi) is 2.69. The van der Waals surface area contributed by atoms with Gasteiger partial charge in [0.15, 0.2) is 5.65 Å². The molecule has 100 valence electrons. The Hall–Kier alpha value is -1.71. The normalized spacial score (nSPS) is 27.6. The third-order valence-corrected chi connectivity index (χ3v) is 3.88. The number of aryl methyl sites for hydroxylation is 1. The van der Waals surface area contributed by atoms with Crippen LogP contribution in [0.4, 0.5) is 4.39 Å². The molecule has 0 fully saturated rings. The number of nitrogens with zero attached hydrogens (tertiary/aromatic N) is 3. The number of fused-ring (bicyclic) bond motifs is 1. The molecule has 3 rings (SSSR count). The van der Waals surface area contributed by atoms with E-state index in [1.807, 2.05) is 31.6 Å². The standard InChI is InChI=1S/C15H18FN3/c1-10-6-15(3,16)5-4-13(10)12-8-17-14-11(2)7-18-19(14)9-12/h4,7-10H,5-6H2,1-3H3. The molecule has 2 aromatic rings. The van der Waals surface area contributed by atoms with Gasteiger partial charge in [0.1, 0.15) is 5.67 Å². The van der Waals surface area contributed by atoms with Crippen LogP contribution in [0.3, 0.4) is 0 Å². The van der Waals surface area contributed by atoms with Crippen LogP contribution in [0.1, 0.15) is 37.8 Å². The van der Waals surface area contributed by atoms with Crippen molar-refractivity contribution in [1.82, 2.24) is 14.6 Å². The highest BCUT2D eigenvalue weighted by atomic mass is 19.1. The first-order valence-corrected chi connectivity index (χ1v) is 6.66. The Labute approximate surface area is 112 Å². The van der Waals surface area contributed by atoms with Crippen LogP contribution in [0.5, 0.6) is 0 Å². The minimum Gasteiger partial charge on any atom is -0.244 e. The fourth-order valence-electron chi connectivity index (χ4n) is 2.90. The SMILES string of the molecule is Cc1cnn2cc(C3=CCC(C)(F)CC3C)cnc12. The van der Waals surface area contributed by atoms with Gasteiger partial charge in [-0.25, -0.2) is 13.9 Å². The molecule has 0 bridgehead atoms. The van der Waals surface area contributed by atoms with Gasteiger partial charge in [-0.2, -0.15) is 5.10 Å². The lowest BCUT2D eigenvalue weighted by Gasteiger charge is -2.30. The molecule has 0 aliphatic heterocycles. The van der Waals surface area contributed by atoms with Gasteiger partial charge in [0.25, 0.3) is 0 Å². The summed E-state index contributed by atoms with van der Waals surface area (Å²) in [6, 6.07) is 0. The van der Waals surface area contributed by atoms with Crippen LogP contribution >= 0.6 is 0 Å². The summed E-state index contributed by atoms with van der Waals surface area (Å²) in [6.45, 7) is 5.74. The number of alkyl halides is 1. The Balaban J connectivity index is 2.02. The highest BCUT2D eigenvalue weighted by Crippen LogP contribution is 2.38. The molecular formula is C15H18FN3. The zero-order valence-electron chi connectivity index (χ0n) is 11.5. The summed E-state index contributed by atoms with van der Waals surface area (Å²) >= 11 is 0. The van der Waals surface area contributed by atoms with E-state index in [2.05, 4.69) is 17.0 Å². The minimum atomic E-state index is -1.08. The number of hydrogen-bond donors (Lipinski definition) is 0. The molecule has 2 atom stereocenters. The van der Waals surface area contributed by atoms with E-state index in [4.69, 9.17) is 0 Å². The number of hydrogen-bond acceptors (Lipinski definition) is 2. The van der Waals surface area contributed by atoms with Gasteiger partial charge in [0.05, 0.1) is 6.20 Å². The van der Waals surface area contributed by atoms with Gasteiger partial charge in [0, 0.05) is 23.5 Å². The fraction of sp³-hybridized carbons (Fsp3) is 0.467. The second kappa shape index (κ2) is 4.15. The summed E-state index contributed by atoms with van der Waals surface area (Å²) in [4.78, 5) is 4.45. The van der Waals surface area contributed by atoms with E-state index in [-0.39, 0.29) is 5.92 Å². The minimum absolute atomic E-state index is 0.208.